The molecule has 4 rings (SSSR count). The van der Waals surface area contributed by atoms with Gasteiger partial charge in [0.25, 0.3) is 0 Å². The van der Waals surface area contributed by atoms with Crippen molar-refractivity contribution in [3.63, 3.8) is 0 Å². The van der Waals surface area contributed by atoms with Crippen molar-refractivity contribution < 1.29 is 18.4 Å². The molecule has 7 nitrogen and oxygen atoms in total. The second-order valence-electron chi connectivity index (χ2n) is 6.48. The molecule has 3 aromatic rings. The predicted octanol–water partition coefficient (Wildman–Crippen LogP) is 4.25. The molecule has 1 atom stereocenters. The van der Waals surface area contributed by atoms with Gasteiger partial charge < -0.3 is 19.5 Å². The van der Waals surface area contributed by atoms with Crippen LogP contribution in [0.15, 0.2) is 53.1 Å². The van der Waals surface area contributed by atoms with E-state index < -0.39 is 5.82 Å². The highest BCUT2D eigenvalue weighted by atomic mass is 19.1. The lowest BCUT2D eigenvalue weighted by Crippen LogP contribution is -2.34. The van der Waals surface area contributed by atoms with Crippen LogP contribution in [0.4, 0.5) is 14.9 Å². The molecule has 0 bridgehead atoms. The zero-order valence-electron chi connectivity index (χ0n) is 15.3. The molecule has 144 valence electrons. The number of amides is 2. The minimum Gasteiger partial charge on any atom is -0.497 e. The summed E-state index contributed by atoms with van der Waals surface area (Å²) in [5.74, 6) is 1.17. The van der Waals surface area contributed by atoms with Gasteiger partial charge in [0.2, 0.25) is 11.7 Å². The lowest BCUT2D eigenvalue weighted by atomic mass is 10.2. The number of hydrogen-bond donors (Lipinski definition) is 1. The third kappa shape index (κ3) is 3.66. The van der Waals surface area contributed by atoms with Gasteiger partial charge in [0.15, 0.2) is 0 Å². The number of hydrogen-bond acceptors (Lipinski definition) is 5. The first-order valence-corrected chi connectivity index (χ1v) is 8.95. The number of urea groups is 1. The first-order chi connectivity index (χ1) is 13.6. The number of rotatable bonds is 4. The topological polar surface area (TPSA) is 80.5 Å². The molecule has 1 fully saturated rings. The van der Waals surface area contributed by atoms with E-state index in [-0.39, 0.29) is 12.1 Å². The van der Waals surface area contributed by atoms with Crippen molar-refractivity contribution in [3.05, 3.63) is 60.2 Å². The molecule has 1 aliphatic rings. The van der Waals surface area contributed by atoms with E-state index in [9.17, 15) is 9.18 Å². The van der Waals surface area contributed by atoms with Gasteiger partial charge in [-0.05, 0) is 55.3 Å². The second-order valence-corrected chi connectivity index (χ2v) is 6.48. The summed E-state index contributed by atoms with van der Waals surface area (Å²) in [6, 6.07) is 12.5. The minimum absolute atomic E-state index is 0.312. The molecule has 8 heteroatoms. The average Bonchev–Trinajstić information content (AvgIpc) is 3.37. The Bertz CT molecular complexity index is 974. The van der Waals surface area contributed by atoms with Crippen LogP contribution in [-0.2, 0) is 0 Å². The van der Waals surface area contributed by atoms with Crippen LogP contribution in [0.3, 0.4) is 0 Å². The van der Waals surface area contributed by atoms with Crippen LogP contribution in [-0.4, -0.2) is 34.7 Å². The maximum Gasteiger partial charge on any atom is 0.322 e. The smallest absolute Gasteiger partial charge is 0.322 e. The van der Waals surface area contributed by atoms with E-state index in [4.69, 9.17) is 9.26 Å². The van der Waals surface area contributed by atoms with Crippen molar-refractivity contribution in [2.24, 2.45) is 0 Å². The van der Waals surface area contributed by atoms with E-state index in [2.05, 4.69) is 15.5 Å². The second kappa shape index (κ2) is 7.67. The highest BCUT2D eigenvalue weighted by Crippen LogP contribution is 2.32. The average molecular weight is 382 g/mol. The Balaban J connectivity index is 1.50. The van der Waals surface area contributed by atoms with E-state index in [0.29, 0.717) is 23.9 Å². The number of methoxy groups -OCH3 is 1. The molecular formula is C20H19FN4O3. The number of likely N-dealkylation sites (tertiary alicyclic amines) is 1. The number of carbonyl (C=O) groups excluding carboxylic acids is 1. The van der Waals surface area contributed by atoms with Gasteiger partial charge in [0.1, 0.15) is 17.6 Å². The standard InChI is InChI=1S/C20H19FN4O3/c1-27-16-9-7-13(8-10-16)18-23-19(28-24-18)17-6-3-11-25(17)20(26)22-15-5-2-4-14(21)12-15/h2,4-5,7-10,12,17H,3,6,11H2,1H3,(H,22,26). The van der Waals surface area contributed by atoms with Gasteiger partial charge >= 0.3 is 6.03 Å². The molecule has 2 heterocycles. The Morgan fingerprint density at radius 3 is 2.86 bits per heavy atom. The molecule has 0 radical (unpaired) electrons. The molecule has 2 amide bonds. The fourth-order valence-electron chi connectivity index (χ4n) is 3.26. The van der Waals surface area contributed by atoms with Crippen LogP contribution >= 0.6 is 0 Å². The Labute approximate surface area is 161 Å². The summed E-state index contributed by atoms with van der Waals surface area (Å²) in [6.07, 6.45) is 1.54. The van der Waals surface area contributed by atoms with Gasteiger partial charge in [-0.25, -0.2) is 9.18 Å². The van der Waals surface area contributed by atoms with Crippen molar-refractivity contribution in [3.8, 4) is 17.1 Å². The molecule has 1 aromatic heterocycles. The Morgan fingerprint density at radius 2 is 2.11 bits per heavy atom. The van der Waals surface area contributed by atoms with Gasteiger partial charge in [-0.1, -0.05) is 11.2 Å². The minimum atomic E-state index is -0.406. The largest absolute Gasteiger partial charge is 0.497 e. The quantitative estimate of drug-likeness (QED) is 0.729. The summed E-state index contributed by atoms with van der Waals surface area (Å²) in [5.41, 5.74) is 1.20. The van der Waals surface area contributed by atoms with E-state index in [1.54, 1.807) is 24.1 Å². The maximum atomic E-state index is 13.3. The van der Waals surface area contributed by atoms with Crippen LogP contribution in [0.25, 0.3) is 11.4 Å². The highest BCUT2D eigenvalue weighted by molar-refractivity contribution is 5.89. The summed E-state index contributed by atoms with van der Waals surface area (Å²) in [7, 11) is 1.60. The third-order valence-corrected chi connectivity index (χ3v) is 4.66. The molecule has 0 saturated carbocycles. The fourth-order valence-corrected chi connectivity index (χ4v) is 3.26. The lowest BCUT2D eigenvalue weighted by molar-refractivity contribution is 0.193. The molecule has 0 spiro atoms. The van der Waals surface area contributed by atoms with Crippen LogP contribution < -0.4 is 10.1 Å². The fraction of sp³-hybridized carbons (Fsp3) is 0.250. The van der Waals surface area contributed by atoms with Gasteiger partial charge in [0, 0.05) is 17.8 Å². The third-order valence-electron chi connectivity index (χ3n) is 4.66. The summed E-state index contributed by atoms with van der Waals surface area (Å²) in [6.45, 7) is 0.562. The van der Waals surface area contributed by atoms with E-state index >= 15 is 0 Å². The summed E-state index contributed by atoms with van der Waals surface area (Å²) >= 11 is 0. The Morgan fingerprint density at radius 1 is 1.29 bits per heavy atom. The van der Waals surface area contributed by atoms with Gasteiger partial charge in [-0.15, -0.1) is 0 Å². The number of anilines is 1. The Kier molecular flexibility index (Phi) is 4.92. The first-order valence-electron chi connectivity index (χ1n) is 8.95. The van der Waals surface area contributed by atoms with Crippen LogP contribution in [0, 0.1) is 5.82 Å². The van der Waals surface area contributed by atoms with Crippen LogP contribution in [0.2, 0.25) is 0 Å². The van der Waals surface area contributed by atoms with E-state index in [1.165, 1.54) is 12.1 Å². The normalized spacial score (nSPS) is 16.2. The van der Waals surface area contributed by atoms with Gasteiger partial charge in [-0.3, -0.25) is 0 Å². The van der Waals surface area contributed by atoms with Crippen LogP contribution in [0.1, 0.15) is 24.8 Å². The number of aromatic nitrogens is 2. The predicted molar refractivity (Wildman–Crippen MR) is 100 cm³/mol. The molecule has 1 saturated heterocycles. The molecule has 2 aromatic carbocycles. The number of nitrogens with zero attached hydrogens (tertiary/aromatic N) is 3. The number of ether oxygens (including phenoxy) is 1. The summed E-state index contributed by atoms with van der Waals surface area (Å²) in [4.78, 5) is 18.8. The Hall–Kier alpha value is -3.42. The summed E-state index contributed by atoms with van der Waals surface area (Å²) < 4.78 is 23.9. The molecule has 1 unspecified atom stereocenters. The number of benzene rings is 2. The number of halogens is 1. The van der Waals surface area contributed by atoms with Gasteiger partial charge in [0.05, 0.1) is 7.11 Å². The highest BCUT2D eigenvalue weighted by Gasteiger charge is 2.34. The summed E-state index contributed by atoms with van der Waals surface area (Å²) in [5, 5.41) is 6.76. The number of carbonyl (C=O) groups is 1. The molecular weight excluding hydrogens is 363 g/mol. The number of nitrogens with one attached hydrogen (secondary N) is 1. The first kappa shape index (κ1) is 18.0. The van der Waals surface area contributed by atoms with E-state index in [1.807, 2.05) is 24.3 Å². The maximum absolute atomic E-state index is 13.3. The molecule has 0 aliphatic carbocycles. The SMILES string of the molecule is COc1ccc(-c2noc(C3CCCN3C(=O)Nc3cccc(F)c3)n2)cc1. The molecule has 1 N–H and O–H groups in total. The van der Waals surface area contributed by atoms with Crippen molar-refractivity contribution in [1.82, 2.24) is 15.0 Å². The van der Waals surface area contributed by atoms with Crippen LogP contribution in [0.5, 0.6) is 5.75 Å². The lowest BCUT2D eigenvalue weighted by Gasteiger charge is -2.22. The van der Waals surface area contributed by atoms with Crippen molar-refractivity contribution >= 4 is 11.7 Å². The monoisotopic (exact) mass is 382 g/mol. The van der Waals surface area contributed by atoms with E-state index in [0.717, 1.165) is 24.2 Å². The zero-order chi connectivity index (χ0) is 19.5. The molecule has 1 aliphatic heterocycles. The van der Waals surface area contributed by atoms with Gasteiger partial charge in [-0.2, -0.15) is 4.98 Å². The van der Waals surface area contributed by atoms with Crippen molar-refractivity contribution in [2.75, 3.05) is 19.0 Å². The van der Waals surface area contributed by atoms with Crippen molar-refractivity contribution in [1.29, 1.82) is 0 Å². The molecule has 28 heavy (non-hydrogen) atoms. The zero-order valence-corrected chi connectivity index (χ0v) is 15.3. The van der Waals surface area contributed by atoms with Crippen molar-refractivity contribution in [2.45, 2.75) is 18.9 Å².